The Morgan fingerprint density at radius 1 is 1.13 bits per heavy atom. The number of hydrogen-bond acceptors (Lipinski definition) is 4. The SMILES string of the molecule is CC[C@H]1C[C@@H](c2ccc([N+](=O)[O-])cc2)OB(c2ccccc2)O1. The van der Waals surface area contributed by atoms with Gasteiger partial charge in [-0.1, -0.05) is 37.3 Å². The number of hydrogen-bond donors (Lipinski definition) is 0. The minimum atomic E-state index is -0.407. The molecule has 0 unspecified atom stereocenters. The molecule has 1 heterocycles. The Bertz CT molecular complexity index is 662. The first-order chi connectivity index (χ1) is 11.2. The maximum atomic E-state index is 10.8. The fraction of sp³-hybridized carbons (Fsp3) is 0.294. The van der Waals surface area contributed by atoms with Gasteiger partial charge in [0.1, 0.15) is 0 Å². The minimum Gasteiger partial charge on any atom is -0.404 e. The maximum Gasteiger partial charge on any atom is 0.494 e. The van der Waals surface area contributed by atoms with Gasteiger partial charge in [-0.15, -0.1) is 0 Å². The van der Waals surface area contributed by atoms with Gasteiger partial charge in [0.2, 0.25) is 0 Å². The van der Waals surface area contributed by atoms with Crippen molar-refractivity contribution in [1.29, 1.82) is 0 Å². The molecule has 0 aliphatic carbocycles. The van der Waals surface area contributed by atoms with Crippen molar-refractivity contribution < 1.29 is 14.2 Å². The molecule has 5 nitrogen and oxygen atoms in total. The molecule has 0 bridgehead atoms. The smallest absolute Gasteiger partial charge is 0.404 e. The third-order valence-corrected chi connectivity index (χ3v) is 4.08. The molecule has 1 aliphatic rings. The number of non-ortho nitro benzene ring substituents is 1. The first-order valence-electron chi connectivity index (χ1n) is 7.77. The fourth-order valence-electron chi connectivity index (χ4n) is 2.76. The molecule has 0 spiro atoms. The van der Waals surface area contributed by atoms with Crippen LogP contribution in [0.15, 0.2) is 54.6 Å². The molecule has 118 valence electrons. The van der Waals surface area contributed by atoms with Gasteiger partial charge in [-0.2, -0.15) is 0 Å². The second-order valence-electron chi connectivity index (χ2n) is 5.62. The third-order valence-electron chi connectivity index (χ3n) is 4.08. The van der Waals surface area contributed by atoms with Gasteiger partial charge in [0.15, 0.2) is 0 Å². The van der Waals surface area contributed by atoms with Crippen LogP contribution >= 0.6 is 0 Å². The summed E-state index contributed by atoms with van der Waals surface area (Å²) in [5.74, 6) is 0. The van der Waals surface area contributed by atoms with Crippen LogP contribution in [-0.4, -0.2) is 18.1 Å². The first kappa shape index (κ1) is 15.7. The summed E-state index contributed by atoms with van der Waals surface area (Å²) in [4.78, 5) is 10.4. The van der Waals surface area contributed by atoms with Crippen molar-refractivity contribution in [2.24, 2.45) is 0 Å². The number of benzene rings is 2. The predicted molar refractivity (Wildman–Crippen MR) is 88.5 cm³/mol. The molecule has 0 saturated carbocycles. The highest BCUT2D eigenvalue weighted by Crippen LogP contribution is 2.31. The summed E-state index contributed by atoms with van der Waals surface area (Å²) in [5.41, 5.74) is 2.02. The Hall–Kier alpha value is -2.18. The molecule has 2 atom stereocenters. The van der Waals surface area contributed by atoms with Gasteiger partial charge in [-0.05, 0) is 29.6 Å². The van der Waals surface area contributed by atoms with E-state index in [4.69, 9.17) is 9.31 Å². The Labute approximate surface area is 135 Å². The van der Waals surface area contributed by atoms with Crippen molar-refractivity contribution in [2.75, 3.05) is 0 Å². The molecular formula is C17H18BNO4. The van der Waals surface area contributed by atoms with Crippen LogP contribution in [0.2, 0.25) is 0 Å². The van der Waals surface area contributed by atoms with E-state index in [2.05, 4.69) is 6.92 Å². The largest absolute Gasteiger partial charge is 0.494 e. The van der Waals surface area contributed by atoms with Gasteiger partial charge in [0.05, 0.1) is 11.0 Å². The molecular weight excluding hydrogens is 293 g/mol. The highest BCUT2D eigenvalue weighted by Gasteiger charge is 2.35. The molecule has 23 heavy (non-hydrogen) atoms. The highest BCUT2D eigenvalue weighted by molar-refractivity contribution is 6.61. The Morgan fingerprint density at radius 3 is 2.43 bits per heavy atom. The lowest BCUT2D eigenvalue weighted by atomic mass is 9.76. The van der Waals surface area contributed by atoms with E-state index in [0.29, 0.717) is 0 Å². The molecule has 2 aromatic carbocycles. The zero-order valence-electron chi connectivity index (χ0n) is 12.9. The van der Waals surface area contributed by atoms with Gasteiger partial charge in [0.25, 0.3) is 5.69 Å². The van der Waals surface area contributed by atoms with Gasteiger partial charge >= 0.3 is 7.12 Å². The van der Waals surface area contributed by atoms with Crippen LogP contribution in [0, 0.1) is 10.1 Å². The maximum absolute atomic E-state index is 10.8. The second-order valence-corrected chi connectivity index (χ2v) is 5.62. The summed E-state index contributed by atoms with van der Waals surface area (Å²) in [6, 6.07) is 16.4. The summed E-state index contributed by atoms with van der Waals surface area (Å²) >= 11 is 0. The molecule has 3 rings (SSSR count). The third kappa shape index (κ3) is 3.60. The van der Waals surface area contributed by atoms with Crippen LogP contribution in [0.1, 0.15) is 31.4 Å². The van der Waals surface area contributed by atoms with Crippen molar-refractivity contribution >= 4 is 18.3 Å². The van der Waals surface area contributed by atoms with E-state index < -0.39 is 12.0 Å². The van der Waals surface area contributed by atoms with E-state index in [-0.39, 0.29) is 17.9 Å². The topological polar surface area (TPSA) is 61.6 Å². The summed E-state index contributed by atoms with van der Waals surface area (Å²) in [6.45, 7) is 2.09. The molecule has 6 heteroatoms. The zero-order valence-corrected chi connectivity index (χ0v) is 12.9. The van der Waals surface area contributed by atoms with E-state index in [1.54, 1.807) is 12.1 Å². The summed E-state index contributed by atoms with van der Waals surface area (Å²) in [5, 5.41) is 10.8. The monoisotopic (exact) mass is 311 g/mol. The lowest BCUT2D eigenvalue weighted by Gasteiger charge is -2.34. The molecule has 0 N–H and O–H groups in total. The number of rotatable bonds is 4. The average molecular weight is 311 g/mol. The summed E-state index contributed by atoms with van der Waals surface area (Å²) in [6.07, 6.45) is 1.63. The van der Waals surface area contributed by atoms with Crippen LogP contribution in [0.5, 0.6) is 0 Å². The molecule has 1 fully saturated rings. The first-order valence-corrected chi connectivity index (χ1v) is 7.77. The predicted octanol–water partition coefficient (Wildman–Crippen LogP) is 3.25. The van der Waals surface area contributed by atoms with Crippen molar-refractivity contribution in [2.45, 2.75) is 32.0 Å². The molecule has 1 aliphatic heterocycles. The molecule has 1 saturated heterocycles. The fourth-order valence-corrected chi connectivity index (χ4v) is 2.76. The van der Waals surface area contributed by atoms with Crippen LogP contribution < -0.4 is 5.46 Å². The van der Waals surface area contributed by atoms with E-state index in [9.17, 15) is 10.1 Å². The number of nitro groups is 1. The number of nitrogens with zero attached hydrogens (tertiary/aromatic N) is 1. The van der Waals surface area contributed by atoms with Crippen LogP contribution in [0.25, 0.3) is 0 Å². The minimum absolute atomic E-state index is 0.0902. The lowest BCUT2D eigenvalue weighted by molar-refractivity contribution is -0.384. The van der Waals surface area contributed by atoms with Crippen molar-refractivity contribution in [3.63, 3.8) is 0 Å². The van der Waals surface area contributed by atoms with Gasteiger partial charge in [0, 0.05) is 24.7 Å². The average Bonchev–Trinajstić information content (AvgIpc) is 2.62. The van der Waals surface area contributed by atoms with Gasteiger partial charge in [-0.3, -0.25) is 10.1 Å². The van der Waals surface area contributed by atoms with Crippen LogP contribution in [0.3, 0.4) is 0 Å². The molecule has 0 amide bonds. The summed E-state index contributed by atoms with van der Waals surface area (Å²) < 4.78 is 12.1. The quantitative estimate of drug-likeness (QED) is 0.494. The molecule has 0 radical (unpaired) electrons. The Morgan fingerprint density at radius 2 is 1.83 bits per heavy atom. The zero-order chi connectivity index (χ0) is 16.2. The van der Waals surface area contributed by atoms with Crippen molar-refractivity contribution in [3.05, 3.63) is 70.3 Å². The van der Waals surface area contributed by atoms with Gasteiger partial charge in [-0.25, -0.2) is 0 Å². The second kappa shape index (κ2) is 6.94. The van der Waals surface area contributed by atoms with Crippen molar-refractivity contribution in [1.82, 2.24) is 0 Å². The van der Waals surface area contributed by atoms with E-state index in [1.165, 1.54) is 12.1 Å². The van der Waals surface area contributed by atoms with Crippen LogP contribution in [-0.2, 0) is 9.31 Å². The van der Waals surface area contributed by atoms with Gasteiger partial charge < -0.3 is 9.31 Å². The van der Waals surface area contributed by atoms with Crippen molar-refractivity contribution in [3.8, 4) is 0 Å². The van der Waals surface area contributed by atoms with E-state index in [0.717, 1.165) is 23.9 Å². The summed E-state index contributed by atoms with van der Waals surface area (Å²) in [7, 11) is -0.407. The van der Waals surface area contributed by atoms with E-state index in [1.807, 2.05) is 30.3 Å². The lowest BCUT2D eigenvalue weighted by Crippen LogP contribution is -2.45. The van der Waals surface area contributed by atoms with E-state index >= 15 is 0 Å². The normalized spacial score (nSPS) is 21.2. The molecule has 0 aromatic heterocycles. The standard InChI is InChI=1S/C17H18BNO4/c1-2-16-12-17(13-8-10-15(11-9-13)19(20)21)23-18(22-16)14-6-4-3-5-7-14/h3-11,16-17H,2,12H2,1H3/t16-,17-/m0/s1. The molecule has 2 aromatic rings. The van der Waals surface area contributed by atoms with Crippen LogP contribution in [0.4, 0.5) is 5.69 Å². The highest BCUT2D eigenvalue weighted by atomic mass is 16.6. The Kier molecular flexibility index (Phi) is 4.74. The Balaban J connectivity index is 1.82. The number of nitro benzene ring substituents is 1.